The molecule has 23 heteroatoms. The number of amides is 1. The number of azo groups is 3. The largest absolute Gasteiger partial charge is 0.390 e. The highest BCUT2D eigenvalue weighted by Crippen LogP contribution is 2.44. The summed E-state index contributed by atoms with van der Waals surface area (Å²) >= 11 is 1.11. The summed E-state index contributed by atoms with van der Waals surface area (Å²) in [5.41, 5.74) is 0. The van der Waals surface area contributed by atoms with Crippen LogP contribution >= 0.6 is 12.0 Å². The fourth-order valence-corrected chi connectivity index (χ4v) is 13.3. The van der Waals surface area contributed by atoms with E-state index in [2.05, 4.69) is 35.3 Å². The minimum Gasteiger partial charge on any atom is -0.390 e. The van der Waals surface area contributed by atoms with Gasteiger partial charge in [0.25, 0.3) is 20.2 Å². The molecule has 348 valence electrons. The number of nitrogens with one attached hydrogen (secondary N) is 2. The zero-order valence-corrected chi connectivity index (χ0v) is 37.6. The molecule has 14 unspecified atom stereocenters. The number of carbonyl (C=O) groups is 1. The van der Waals surface area contributed by atoms with Crippen molar-refractivity contribution in [3.63, 3.8) is 0 Å². The van der Waals surface area contributed by atoms with Crippen molar-refractivity contribution in [2.24, 2.45) is 42.5 Å². The number of aliphatic hydroxyl groups is 1. The predicted molar refractivity (Wildman–Crippen MR) is 224 cm³/mol. The van der Waals surface area contributed by atoms with E-state index < -0.39 is 48.9 Å². The van der Waals surface area contributed by atoms with E-state index in [4.69, 9.17) is 25.3 Å². The number of hydrogen-bond donors (Lipinski definition) is 6. The van der Waals surface area contributed by atoms with E-state index in [-0.39, 0.29) is 77.8 Å². The van der Waals surface area contributed by atoms with Crippen LogP contribution in [0.5, 0.6) is 0 Å². The molecule has 0 aliphatic heterocycles. The van der Waals surface area contributed by atoms with Crippen LogP contribution in [0.3, 0.4) is 0 Å². The second-order valence-corrected chi connectivity index (χ2v) is 22.4. The van der Waals surface area contributed by atoms with Crippen molar-refractivity contribution in [3.8, 4) is 0 Å². The highest BCUT2D eigenvalue weighted by atomic mass is 32.2. The summed E-state index contributed by atoms with van der Waals surface area (Å²) in [6, 6.07) is -2.24. The standard InChI is InChI=1S/C38H66N8O12S3/c1-3-36(47)40-33-20-26(11-15-31(33)44-41-23-9-13-28(14-10-23)59-58-57-49)42-43-27-12-16-32(34(21-27)56-2)45-46-37-35(61(53,54)55)17-22-7-8-25(19-30(22)38(37)48)39-24-5-4-6-29(18-24)60(50,51)52/h22-35,37-39,48-49H,3-21H2,1-2H3,(H,40,47)(H,50,51,52)(H,53,54,55). The average molecular weight is 923 g/mol. The van der Waals surface area contributed by atoms with Crippen LogP contribution in [0.1, 0.15) is 129 Å². The first kappa shape index (κ1) is 48.7. The van der Waals surface area contributed by atoms with Crippen molar-refractivity contribution in [2.45, 2.75) is 211 Å². The van der Waals surface area contributed by atoms with Gasteiger partial charge in [-0.05, 0) is 121 Å². The molecule has 14 atom stereocenters. The van der Waals surface area contributed by atoms with Gasteiger partial charge < -0.3 is 20.5 Å². The summed E-state index contributed by atoms with van der Waals surface area (Å²) in [6.07, 6.45) is 10.2. The summed E-state index contributed by atoms with van der Waals surface area (Å²) in [5.74, 6) is -0.492. The van der Waals surface area contributed by atoms with E-state index in [0.29, 0.717) is 77.0 Å². The number of rotatable bonds is 16. The Hall–Kier alpha value is -1.80. The van der Waals surface area contributed by atoms with E-state index in [9.17, 15) is 35.8 Å². The lowest BCUT2D eigenvalue weighted by Gasteiger charge is -2.47. The lowest BCUT2D eigenvalue weighted by Crippen LogP contribution is -2.56. The van der Waals surface area contributed by atoms with Gasteiger partial charge in [-0.3, -0.25) is 13.9 Å². The number of methoxy groups -OCH3 is 1. The van der Waals surface area contributed by atoms with E-state index >= 15 is 0 Å². The zero-order valence-electron chi connectivity index (χ0n) is 35.1. The van der Waals surface area contributed by atoms with Crippen molar-refractivity contribution in [1.29, 1.82) is 0 Å². The van der Waals surface area contributed by atoms with Crippen LogP contribution in [0.2, 0.25) is 0 Å². The van der Waals surface area contributed by atoms with Crippen molar-refractivity contribution < 1.29 is 55.2 Å². The summed E-state index contributed by atoms with van der Waals surface area (Å²) < 4.78 is 79.4. The van der Waals surface area contributed by atoms with Gasteiger partial charge in [-0.15, -0.1) is 4.33 Å². The Morgan fingerprint density at radius 3 is 2.05 bits per heavy atom. The molecule has 0 saturated heterocycles. The Morgan fingerprint density at radius 2 is 1.38 bits per heavy atom. The highest BCUT2D eigenvalue weighted by Gasteiger charge is 2.51. The first-order valence-electron chi connectivity index (χ1n) is 22.2. The van der Waals surface area contributed by atoms with Crippen molar-refractivity contribution >= 4 is 38.2 Å². The lowest BCUT2D eigenvalue weighted by molar-refractivity contribution is -0.432. The Morgan fingerprint density at radius 1 is 0.721 bits per heavy atom. The molecule has 0 radical (unpaired) electrons. The first-order valence-corrected chi connectivity index (χ1v) is 26.0. The maximum absolute atomic E-state index is 12.7. The van der Waals surface area contributed by atoms with Crippen LogP contribution in [-0.2, 0) is 39.1 Å². The fraction of sp³-hybridized carbons (Fsp3) is 0.974. The quantitative estimate of drug-likeness (QED) is 0.0370. The Bertz CT molecular complexity index is 1740. The third-order valence-corrected chi connectivity index (χ3v) is 17.5. The molecule has 0 spiro atoms. The van der Waals surface area contributed by atoms with Gasteiger partial charge in [-0.2, -0.15) is 47.5 Å². The fourth-order valence-electron chi connectivity index (χ4n) is 10.7. The third kappa shape index (κ3) is 13.6. The molecule has 6 saturated carbocycles. The molecular weight excluding hydrogens is 857 g/mol. The molecule has 6 aliphatic rings. The Balaban J connectivity index is 1.03. The number of carbonyl (C=O) groups excluding carboxylic acids is 1. The first-order chi connectivity index (χ1) is 29.1. The zero-order chi connectivity index (χ0) is 43.7. The second-order valence-electron chi connectivity index (χ2n) is 18.1. The van der Waals surface area contributed by atoms with Crippen LogP contribution in [-0.4, -0.2) is 132 Å². The van der Waals surface area contributed by atoms with E-state index in [1.54, 1.807) is 7.11 Å². The van der Waals surface area contributed by atoms with Gasteiger partial charge in [0.15, 0.2) is 0 Å². The average Bonchev–Trinajstić information content (AvgIpc) is 3.24. The van der Waals surface area contributed by atoms with Gasteiger partial charge in [-0.25, -0.2) is 5.26 Å². The number of aliphatic hydroxyl groups excluding tert-OH is 1. The highest BCUT2D eigenvalue weighted by molar-refractivity contribution is 7.95. The number of ether oxygens (including phenoxy) is 1. The monoisotopic (exact) mass is 922 g/mol. The molecule has 20 nitrogen and oxygen atoms in total. The van der Waals surface area contributed by atoms with Gasteiger partial charge in [0.05, 0.1) is 53.7 Å². The lowest BCUT2D eigenvalue weighted by atomic mass is 9.66. The van der Waals surface area contributed by atoms with Gasteiger partial charge in [0, 0.05) is 42.9 Å². The minimum atomic E-state index is -4.56. The van der Waals surface area contributed by atoms with Crippen LogP contribution in [0.25, 0.3) is 0 Å². The summed E-state index contributed by atoms with van der Waals surface area (Å²) in [4.78, 5) is 12.5. The van der Waals surface area contributed by atoms with Crippen LogP contribution < -0.4 is 10.6 Å². The van der Waals surface area contributed by atoms with Gasteiger partial charge in [0.1, 0.15) is 11.3 Å². The Kier molecular flexibility index (Phi) is 17.9. The van der Waals surface area contributed by atoms with Crippen molar-refractivity contribution in [3.05, 3.63) is 0 Å². The maximum atomic E-state index is 12.7. The molecule has 6 rings (SSSR count). The smallest absolute Gasteiger partial charge is 0.270 e. The molecule has 6 fully saturated rings. The SMILES string of the molecule is CCC(=O)NC1CC(N=NC2CCC(N=NC3C(O)C4CC(NC5CCCC(S(=O)(=O)O)C5)CCC4CC3S(=O)(=O)O)C(OC)C2)CCC1N=NC1CCC(SOOO)CC1. The molecule has 61 heavy (non-hydrogen) atoms. The molecule has 6 aliphatic carbocycles. The van der Waals surface area contributed by atoms with E-state index in [1.807, 2.05) is 6.92 Å². The van der Waals surface area contributed by atoms with Gasteiger partial charge >= 0.3 is 0 Å². The van der Waals surface area contributed by atoms with Crippen molar-refractivity contribution in [1.82, 2.24) is 10.6 Å². The molecule has 0 aromatic rings. The summed E-state index contributed by atoms with van der Waals surface area (Å²) in [5, 5.41) is 56.6. The molecule has 1 amide bonds. The van der Waals surface area contributed by atoms with Crippen LogP contribution in [0.15, 0.2) is 30.7 Å². The molecule has 0 heterocycles. The molecule has 0 bridgehead atoms. The van der Waals surface area contributed by atoms with Crippen LogP contribution in [0.4, 0.5) is 0 Å². The van der Waals surface area contributed by atoms with E-state index in [0.717, 1.165) is 50.6 Å². The number of hydrogen-bond acceptors (Lipinski definition) is 18. The Labute approximate surface area is 363 Å². The normalized spacial score (nSPS) is 40.6. The van der Waals surface area contributed by atoms with E-state index in [1.165, 1.54) is 0 Å². The molecule has 0 aromatic carbocycles. The minimum absolute atomic E-state index is 0.0266. The molecule has 6 N–H and O–H groups in total. The maximum Gasteiger partial charge on any atom is 0.270 e. The topological polar surface area (TPSA) is 292 Å². The van der Waals surface area contributed by atoms with Crippen molar-refractivity contribution in [2.75, 3.05) is 7.11 Å². The number of fused-ring (bicyclic) bond motifs is 1. The summed E-state index contributed by atoms with van der Waals surface area (Å²) in [7, 11) is -7.11. The van der Waals surface area contributed by atoms with Crippen LogP contribution in [0, 0.1) is 11.8 Å². The number of nitrogens with zero attached hydrogens (tertiary/aromatic N) is 6. The third-order valence-electron chi connectivity index (χ3n) is 14.1. The molecular formula is C38H66N8O12S3. The second kappa shape index (κ2) is 22.4. The van der Waals surface area contributed by atoms with Gasteiger partial charge in [-0.1, -0.05) is 18.4 Å². The predicted octanol–water partition coefficient (Wildman–Crippen LogP) is 5.44. The summed E-state index contributed by atoms with van der Waals surface area (Å²) in [6.45, 7) is 1.81. The molecule has 0 aromatic heterocycles. The van der Waals surface area contributed by atoms with Gasteiger partial charge in [0.2, 0.25) is 5.91 Å².